The summed E-state index contributed by atoms with van der Waals surface area (Å²) in [4.78, 5) is 0. The molecular formula is C13H25NO3. The number of ether oxygens (including phenoxy) is 3. The van der Waals surface area contributed by atoms with Crippen LogP contribution in [0.3, 0.4) is 0 Å². The van der Waals surface area contributed by atoms with Gasteiger partial charge < -0.3 is 19.5 Å². The fourth-order valence-electron chi connectivity index (χ4n) is 2.33. The zero-order chi connectivity index (χ0) is 11.9. The fraction of sp³-hybridized carbons (Fsp3) is 1.00. The molecule has 3 unspecified atom stereocenters. The van der Waals surface area contributed by atoms with E-state index in [-0.39, 0.29) is 6.10 Å². The fourth-order valence-corrected chi connectivity index (χ4v) is 2.33. The van der Waals surface area contributed by atoms with Gasteiger partial charge in [-0.1, -0.05) is 0 Å². The largest absolute Gasteiger partial charge is 0.381 e. The van der Waals surface area contributed by atoms with Gasteiger partial charge in [-0.2, -0.15) is 0 Å². The van der Waals surface area contributed by atoms with Crippen molar-refractivity contribution in [3.8, 4) is 0 Å². The predicted octanol–water partition coefficient (Wildman–Crippen LogP) is 1.20. The highest BCUT2D eigenvalue weighted by Gasteiger charge is 2.18. The summed E-state index contributed by atoms with van der Waals surface area (Å²) in [6.45, 7) is 7.53. The first-order valence-electron chi connectivity index (χ1n) is 6.86. The summed E-state index contributed by atoms with van der Waals surface area (Å²) in [5, 5.41) is 3.42. The molecule has 4 heteroatoms. The lowest BCUT2D eigenvalue weighted by atomic mass is 10.1. The Morgan fingerprint density at radius 3 is 3.00 bits per heavy atom. The lowest BCUT2D eigenvalue weighted by Gasteiger charge is -2.17. The average molecular weight is 243 g/mol. The molecule has 0 aromatic rings. The van der Waals surface area contributed by atoms with Gasteiger partial charge in [-0.3, -0.25) is 0 Å². The third-order valence-electron chi connectivity index (χ3n) is 3.47. The molecule has 1 N–H and O–H groups in total. The minimum Gasteiger partial charge on any atom is -0.381 e. The van der Waals surface area contributed by atoms with E-state index in [4.69, 9.17) is 14.2 Å². The maximum Gasteiger partial charge on any atom is 0.0700 e. The molecule has 2 aliphatic heterocycles. The van der Waals surface area contributed by atoms with Crippen molar-refractivity contribution in [2.75, 3.05) is 39.5 Å². The summed E-state index contributed by atoms with van der Waals surface area (Å²) in [7, 11) is 0. The van der Waals surface area contributed by atoms with Gasteiger partial charge in [0.1, 0.15) is 0 Å². The monoisotopic (exact) mass is 243 g/mol. The van der Waals surface area contributed by atoms with Crippen LogP contribution in [-0.4, -0.2) is 51.7 Å². The first-order valence-corrected chi connectivity index (χ1v) is 6.86. The highest BCUT2D eigenvalue weighted by Crippen LogP contribution is 2.13. The molecule has 3 atom stereocenters. The summed E-state index contributed by atoms with van der Waals surface area (Å²) in [6.07, 6.45) is 4.25. The number of rotatable bonds is 7. The molecule has 0 saturated carbocycles. The molecule has 0 aliphatic carbocycles. The molecule has 4 nitrogen and oxygen atoms in total. The predicted molar refractivity (Wildman–Crippen MR) is 66.2 cm³/mol. The second-order valence-corrected chi connectivity index (χ2v) is 5.17. The lowest BCUT2D eigenvalue weighted by Crippen LogP contribution is -2.33. The van der Waals surface area contributed by atoms with E-state index < -0.39 is 0 Å². The number of hydrogen-bond acceptors (Lipinski definition) is 4. The van der Waals surface area contributed by atoms with Crippen LogP contribution >= 0.6 is 0 Å². The van der Waals surface area contributed by atoms with Gasteiger partial charge in [0.05, 0.1) is 25.4 Å². The summed E-state index contributed by atoms with van der Waals surface area (Å²) < 4.78 is 16.7. The van der Waals surface area contributed by atoms with Crippen LogP contribution in [0, 0.1) is 5.92 Å². The molecule has 0 spiro atoms. The number of hydrogen-bond donors (Lipinski definition) is 1. The topological polar surface area (TPSA) is 39.7 Å². The second-order valence-electron chi connectivity index (χ2n) is 5.17. The molecule has 2 saturated heterocycles. The maximum atomic E-state index is 5.81. The first kappa shape index (κ1) is 13.3. The van der Waals surface area contributed by atoms with E-state index in [2.05, 4.69) is 12.2 Å². The van der Waals surface area contributed by atoms with Crippen molar-refractivity contribution in [3.05, 3.63) is 0 Å². The van der Waals surface area contributed by atoms with Crippen molar-refractivity contribution in [2.45, 2.75) is 38.4 Å². The smallest absolute Gasteiger partial charge is 0.0700 e. The van der Waals surface area contributed by atoms with Crippen molar-refractivity contribution in [1.82, 2.24) is 5.32 Å². The molecule has 100 valence electrons. The zero-order valence-corrected chi connectivity index (χ0v) is 10.8. The third kappa shape index (κ3) is 4.92. The van der Waals surface area contributed by atoms with Crippen molar-refractivity contribution in [3.63, 3.8) is 0 Å². The normalized spacial score (nSPS) is 30.9. The minimum atomic E-state index is 0.275. The van der Waals surface area contributed by atoms with Gasteiger partial charge in [0.2, 0.25) is 0 Å². The van der Waals surface area contributed by atoms with Crippen LogP contribution in [0.2, 0.25) is 0 Å². The molecule has 17 heavy (non-hydrogen) atoms. The molecule has 2 heterocycles. The van der Waals surface area contributed by atoms with E-state index in [1.165, 1.54) is 12.8 Å². The highest BCUT2D eigenvalue weighted by molar-refractivity contribution is 4.69. The Morgan fingerprint density at radius 1 is 1.35 bits per heavy atom. The molecule has 0 bridgehead atoms. The molecular weight excluding hydrogens is 218 g/mol. The summed E-state index contributed by atoms with van der Waals surface area (Å²) in [5.41, 5.74) is 0. The van der Waals surface area contributed by atoms with Gasteiger partial charge in [-0.05, 0) is 26.2 Å². The van der Waals surface area contributed by atoms with Crippen LogP contribution in [0.1, 0.15) is 26.2 Å². The van der Waals surface area contributed by atoms with Gasteiger partial charge in [0.15, 0.2) is 0 Å². The molecule has 2 rings (SSSR count). The molecule has 0 aromatic carbocycles. The van der Waals surface area contributed by atoms with Crippen LogP contribution in [0.15, 0.2) is 0 Å². The lowest BCUT2D eigenvalue weighted by molar-refractivity contribution is 0.0340. The van der Waals surface area contributed by atoms with Crippen molar-refractivity contribution in [2.24, 2.45) is 5.92 Å². The Kier molecular flexibility index (Phi) is 5.71. The SMILES string of the molecule is CC(CNCC1CCCO1)OCC1CCOC1. The zero-order valence-electron chi connectivity index (χ0n) is 10.8. The van der Waals surface area contributed by atoms with E-state index >= 15 is 0 Å². The van der Waals surface area contributed by atoms with Crippen LogP contribution < -0.4 is 5.32 Å². The molecule has 2 fully saturated rings. The summed E-state index contributed by atoms with van der Waals surface area (Å²) in [6, 6.07) is 0. The Morgan fingerprint density at radius 2 is 2.29 bits per heavy atom. The van der Waals surface area contributed by atoms with Gasteiger partial charge in [-0.15, -0.1) is 0 Å². The minimum absolute atomic E-state index is 0.275. The van der Waals surface area contributed by atoms with Gasteiger partial charge in [-0.25, -0.2) is 0 Å². The van der Waals surface area contributed by atoms with Crippen LogP contribution in [0.25, 0.3) is 0 Å². The Balaban J connectivity index is 1.46. The third-order valence-corrected chi connectivity index (χ3v) is 3.47. The quantitative estimate of drug-likeness (QED) is 0.729. The van der Waals surface area contributed by atoms with Crippen molar-refractivity contribution >= 4 is 0 Å². The van der Waals surface area contributed by atoms with Gasteiger partial charge >= 0.3 is 0 Å². The Labute approximate surface area is 104 Å². The van der Waals surface area contributed by atoms with Crippen LogP contribution in [0.4, 0.5) is 0 Å². The van der Waals surface area contributed by atoms with Gasteiger partial charge in [0.25, 0.3) is 0 Å². The standard InChI is InChI=1S/C13H25NO3/c1-11(17-10-12-4-6-15-9-12)7-14-8-13-3-2-5-16-13/h11-14H,2-10H2,1H3. The van der Waals surface area contributed by atoms with Gasteiger partial charge in [0, 0.05) is 32.2 Å². The second kappa shape index (κ2) is 7.31. The Hall–Kier alpha value is -0.160. The van der Waals surface area contributed by atoms with E-state index in [1.807, 2.05) is 0 Å². The van der Waals surface area contributed by atoms with E-state index in [0.29, 0.717) is 12.0 Å². The first-order chi connectivity index (χ1) is 8.34. The Bertz CT molecular complexity index is 201. The number of nitrogens with one attached hydrogen (secondary N) is 1. The summed E-state index contributed by atoms with van der Waals surface area (Å²) >= 11 is 0. The van der Waals surface area contributed by atoms with E-state index in [9.17, 15) is 0 Å². The molecule has 0 radical (unpaired) electrons. The molecule has 0 amide bonds. The maximum absolute atomic E-state index is 5.81. The van der Waals surface area contributed by atoms with Crippen LogP contribution in [0.5, 0.6) is 0 Å². The van der Waals surface area contributed by atoms with E-state index in [0.717, 1.165) is 45.9 Å². The van der Waals surface area contributed by atoms with Crippen molar-refractivity contribution < 1.29 is 14.2 Å². The van der Waals surface area contributed by atoms with Crippen LogP contribution in [-0.2, 0) is 14.2 Å². The highest BCUT2D eigenvalue weighted by atomic mass is 16.5. The molecule has 2 aliphatic rings. The summed E-state index contributed by atoms with van der Waals surface area (Å²) in [5.74, 6) is 0.607. The molecule has 0 aromatic heterocycles. The van der Waals surface area contributed by atoms with Crippen molar-refractivity contribution in [1.29, 1.82) is 0 Å². The van der Waals surface area contributed by atoms with E-state index in [1.54, 1.807) is 0 Å². The average Bonchev–Trinajstić information content (AvgIpc) is 2.99.